The molecule has 0 aromatic carbocycles. The molecule has 0 radical (unpaired) electrons. The molecule has 0 bridgehead atoms. The van der Waals surface area contributed by atoms with E-state index in [9.17, 15) is 4.79 Å². The number of carbonyl (C=O) groups is 1. The number of hydrogen-bond donors (Lipinski definition) is 1. The predicted octanol–water partition coefficient (Wildman–Crippen LogP) is 2.70. The quantitative estimate of drug-likeness (QED) is 0.940. The first-order chi connectivity index (χ1) is 9.83. The van der Waals surface area contributed by atoms with Crippen molar-refractivity contribution in [3.05, 3.63) is 22.7 Å². The Bertz CT molecular complexity index is 568. The van der Waals surface area contributed by atoms with Gasteiger partial charge >= 0.3 is 0 Å². The number of nitrogens with one attached hydrogen (secondary N) is 1. The molecule has 0 unspecified atom stereocenters. The number of thiophene rings is 1. The highest BCUT2D eigenvalue weighted by atomic mass is 32.2. The van der Waals surface area contributed by atoms with Gasteiger partial charge in [-0.25, -0.2) is 0 Å². The van der Waals surface area contributed by atoms with Crippen molar-refractivity contribution >= 4 is 29.0 Å². The number of hydrogen-bond acceptors (Lipinski definition) is 6. The molecular weight excluding hydrogens is 294 g/mol. The summed E-state index contributed by atoms with van der Waals surface area (Å²) >= 11 is 3.18. The van der Waals surface area contributed by atoms with Crippen molar-refractivity contribution in [1.82, 2.24) is 15.5 Å². The third-order valence-corrected chi connectivity index (χ3v) is 5.09. The molecule has 7 heteroatoms. The molecule has 106 valence electrons. The van der Waals surface area contributed by atoms with E-state index in [1.165, 1.54) is 0 Å². The van der Waals surface area contributed by atoms with Crippen molar-refractivity contribution in [3.8, 4) is 11.5 Å². The van der Waals surface area contributed by atoms with Crippen molar-refractivity contribution < 1.29 is 9.32 Å². The van der Waals surface area contributed by atoms with Crippen LogP contribution in [-0.4, -0.2) is 27.8 Å². The third kappa shape index (κ3) is 3.21. The van der Waals surface area contributed by atoms with Crippen LogP contribution in [0.4, 0.5) is 0 Å². The zero-order chi connectivity index (χ0) is 13.8. The van der Waals surface area contributed by atoms with Crippen LogP contribution in [0.3, 0.4) is 0 Å². The second-order valence-corrected chi connectivity index (χ2v) is 6.59. The van der Waals surface area contributed by atoms with Gasteiger partial charge in [-0.1, -0.05) is 11.6 Å². The summed E-state index contributed by atoms with van der Waals surface area (Å²) in [5, 5.41) is 10.9. The maximum Gasteiger partial charge on any atom is 0.258 e. The number of aromatic nitrogens is 2. The Balaban J connectivity index is 1.59. The lowest BCUT2D eigenvalue weighted by molar-refractivity contribution is -0.120. The van der Waals surface area contributed by atoms with Gasteiger partial charge in [0, 0.05) is 11.9 Å². The summed E-state index contributed by atoms with van der Waals surface area (Å²) in [7, 11) is 0. The molecule has 1 saturated heterocycles. The Kier molecular flexibility index (Phi) is 4.37. The van der Waals surface area contributed by atoms with E-state index < -0.39 is 0 Å². The number of rotatable bonds is 4. The van der Waals surface area contributed by atoms with Gasteiger partial charge in [0.05, 0.1) is 16.6 Å². The second-order valence-electron chi connectivity index (χ2n) is 4.61. The number of amides is 1. The van der Waals surface area contributed by atoms with Crippen molar-refractivity contribution in [3.63, 3.8) is 0 Å². The normalized spacial score (nSPS) is 19.6. The molecular formula is C13H15N3O2S2. The lowest BCUT2D eigenvalue weighted by Crippen LogP contribution is -2.30. The van der Waals surface area contributed by atoms with Gasteiger partial charge in [0.15, 0.2) is 5.82 Å². The summed E-state index contributed by atoms with van der Waals surface area (Å²) in [5.41, 5.74) is 0.950. The van der Waals surface area contributed by atoms with Crippen molar-refractivity contribution in [2.45, 2.75) is 30.3 Å². The minimum atomic E-state index is 0.000553. The molecule has 1 aliphatic heterocycles. The van der Waals surface area contributed by atoms with Gasteiger partial charge in [0.25, 0.3) is 5.89 Å². The molecule has 3 heterocycles. The third-order valence-electron chi connectivity index (χ3n) is 3.13. The van der Waals surface area contributed by atoms with E-state index in [1.807, 2.05) is 16.8 Å². The van der Waals surface area contributed by atoms with Gasteiger partial charge in [-0.05, 0) is 24.3 Å². The smallest absolute Gasteiger partial charge is 0.258 e. The SMILES string of the molecule is O=C1NCCCC[C@@H]1SCc1noc(-c2ccsc2)n1. The molecule has 1 aliphatic rings. The van der Waals surface area contributed by atoms with E-state index in [-0.39, 0.29) is 11.2 Å². The molecule has 5 nitrogen and oxygen atoms in total. The van der Waals surface area contributed by atoms with Crippen LogP contribution in [0.15, 0.2) is 21.3 Å². The fourth-order valence-corrected chi connectivity index (χ4v) is 3.73. The van der Waals surface area contributed by atoms with Crippen molar-refractivity contribution in [2.24, 2.45) is 0 Å². The summed E-state index contributed by atoms with van der Waals surface area (Å²) in [5.74, 6) is 1.93. The highest BCUT2D eigenvalue weighted by Gasteiger charge is 2.22. The van der Waals surface area contributed by atoms with E-state index in [2.05, 4.69) is 15.5 Å². The molecule has 3 rings (SSSR count). The monoisotopic (exact) mass is 309 g/mol. The van der Waals surface area contributed by atoms with Crippen LogP contribution in [0.1, 0.15) is 25.1 Å². The number of carbonyl (C=O) groups excluding carboxylic acids is 1. The zero-order valence-corrected chi connectivity index (χ0v) is 12.5. The first-order valence-corrected chi connectivity index (χ1v) is 8.56. The summed E-state index contributed by atoms with van der Waals surface area (Å²) in [6, 6.07) is 1.95. The van der Waals surface area contributed by atoms with E-state index in [4.69, 9.17) is 4.52 Å². The molecule has 1 amide bonds. The van der Waals surface area contributed by atoms with Crippen molar-refractivity contribution in [2.75, 3.05) is 6.54 Å². The van der Waals surface area contributed by atoms with Gasteiger partial charge in [-0.15, -0.1) is 11.8 Å². The van der Waals surface area contributed by atoms with Crippen LogP contribution in [0.2, 0.25) is 0 Å². The summed E-state index contributed by atoms with van der Waals surface area (Å²) in [6.45, 7) is 0.792. The Hall–Kier alpha value is -1.34. The average molecular weight is 309 g/mol. The van der Waals surface area contributed by atoms with E-state index >= 15 is 0 Å². The standard InChI is InChI=1S/C13H15N3O2S2/c17-12-10(3-1-2-5-14-12)20-8-11-15-13(18-16-11)9-4-6-19-7-9/h4,6-7,10H,1-3,5,8H2,(H,14,17)/t10-/m0/s1. The minimum Gasteiger partial charge on any atom is -0.355 e. The fraction of sp³-hybridized carbons (Fsp3) is 0.462. The minimum absolute atomic E-state index is 0.000553. The zero-order valence-electron chi connectivity index (χ0n) is 10.9. The van der Waals surface area contributed by atoms with Crippen LogP contribution in [0.5, 0.6) is 0 Å². The maximum atomic E-state index is 11.8. The van der Waals surface area contributed by atoms with E-state index in [0.717, 1.165) is 31.4 Å². The average Bonchev–Trinajstić information content (AvgIpc) is 3.08. The Morgan fingerprint density at radius 3 is 3.30 bits per heavy atom. The number of nitrogens with zero attached hydrogens (tertiary/aromatic N) is 2. The summed E-state index contributed by atoms with van der Waals surface area (Å²) < 4.78 is 5.23. The molecule has 1 N–H and O–H groups in total. The van der Waals surface area contributed by atoms with Gasteiger partial charge < -0.3 is 9.84 Å². The van der Waals surface area contributed by atoms with E-state index in [0.29, 0.717) is 17.5 Å². The molecule has 1 fully saturated rings. The van der Waals surface area contributed by atoms with Crippen LogP contribution in [-0.2, 0) is 10.5 Å². The van der Waals surface area contributed by atoms with Gasteiger partial charge in [0.1, 0.15) is 0 Å². The molecule has 2 aromatic heterocycles. The maximum absolute atomic E-state index is 11.8. The predicted molar refractivity (Wildman–Crippen MR) is 79.6 cm³/mol. The summed E-state index contributed by atoms with van der Waals surface area (Å²) in [6.07, 6.45) is 3.07. The molecule has 0 saturated carbocycles. The Morgan fingerprint density at radius 1 is 1.50 bits per heavy atom. The topological polar surface area (TPSA) is 68.0 Å². The first kappa shape index (κ1) is 13.6. The second kappa shape index (κ2) is 6.41. The lowest BCUT2D eigenvalue weighted by Gasteiger charge is -2.10. The molecule has 1 atom stereocenters. The van der Waals surface area contributed by atoms with Gasteiger partial charge in [-0.2, -0.15) is 16.3 Å². The fourth-order valence-electron chi connectivity index (χ4n) is 2.06. The van der Waals surface area contributed by atoms with Crippen LogP contribution < -0.4 is 5.32 Å². The van der Waals surface area contributed by atoms with Gasteiger partial charge in [0.2, 0.25) is 5.91 Å². The first-order valence-electron chi connectivity index (χ1n) is 6.57. The molecule has 20 heavy (non-hydrogen) atoms. The molecule has 0 aliphatic carbocycles. The Labute approximate surface area is 125 Å². The largest absolute Gasteiger partial charge is 0.355 e. The van der Waals surface area contributed by atoms with Crippen LogP contribution >= 0.6 is 23.1 Å². The lowest BCUT2D eigenvalue weighted by atomic mass is 10.2. The van der Waals surface area contributed by atoms with Crippen LogP contribution in [0.25, 0.3) is 11.5 Å². The molecule has 0 spiro atoms. The number of thioether (sulfide) groups is 1. The van der Waals surface area contributed by atoms with E-state index in [1.54, 1.807) is 23.1 Å². The highest BCUT2D eigenvalue weighted by molar-refractivity contribution is 7.99. The molecule has 2 aromatic rings. The Morgan fingerprint density at radius 2 is 2.45 bits per heavy atom. The highest BCUT2D eigenvalue weighted by Crippen LogP contribution is 2.25. The van der Waals surface area contributed by atoms with Gasteiger partial charge in [-0.3, -0.25) is 4.79 Å². The van der Waals surface area contributed by atoms with Crippen LogP contribution in [0, 0.1) is 0 Å². The summed E-state index contributed by atoms with van der Waals surface area (Å²) in [4.78, 5) is 16.2. The van der Waals surface area contributed by atoms with Crippen molar-refractivity contribution in [1.29, 1.82) is 0 Å².